The summed E-state index contributed by atoms with van der Waals surface area (Å²) < 4.78 is 30.3. The molecule has 1 aliphatic rings. The predicted octanol–water partition coefficient (Wildman–Crippen LogP) is 5.99. The van der Waals surface area contributed by atoms with E-state index in [1.54, 1.807) is 31.4 Å². The molecule has 0 spiro atoms. The Morgan fingerprint density at radius 1 is 1.10 bits per heavy atom. The van der Waals surface area contributed by atoms with Crippen LogP contribution in [0.4, 0.5) is 4.39 Å². The molecule has 3 aromatic rings. The molecule has 4 rings (SSSR count). The summed E-state index contributed by atoms with van der Waals surface area (Å²) in [5.74, 6) is 1.28. The van der Waals surface area contributed by atoms with Crippen molar-refractivity contribution < 1.29 is 23.4 Å². The predicted molar refractivity (Wildman–Crippen MR) is 113 cm³/mol. The fourth-order valence-corrected chi connectivity index (χ4v) is 3.47. The maximum atomic E-state index is 13.2. The van der Waals surface area contributed by atoms with Gasteiger partial charge in [0, 0.05) is 16.7 Å². The van der Waals surface area contributed by atoms with Crippen molar-refractivity contribution >= 4 is 23.5 Å². The minimum Gasteiger partial charge on any atom is -0.496 e. The van der Waals surface area contributed by atoms with Gasteiger partial charge in [-0.1, -0.05) is 35.9 Å². The largest absolute Gasteiger partial charge is 0.496 e. The molecule has 0 saturated heterocycles. The van der Waals surface area contributed by atoms with Crippen LogP contribution in [0.3, 0.4) is 0 Å². The molecule has 152 valence electrons. The summed E-state index contributed by atoms with van der Waals surface area (Å²) in [4.78, 5) is 12.8. The summed E-state index contributed by atoms with van der Waals surface area (Å²) >= 11 is 6.06. The van der Waals surface area contributed by atoms with E-state index in [-0.39, 0.29) is 18.1 Å². The Kier molecular flexibility index (Phi) is 5.46. The van der Waals surface area contributed by atoms with E-state index in [9.17, 15) is 9.18 Å². The number of methoxy groups -OCH3 is 1. The van der Waals surface area contributed by atoms with Crippen molar-refractivity contribution in [1.82, 2.24) is 0 Å². The van der Waals surface area contributed by atoms with Crippen LogP contribution in [0, 0.1) is 12.7 Å². The third-order valence-corrected chi connectivity index (χ3v) is 5.21. The zero-order valence-corrected chi connectivity index (χ0v) is 17.1. The first-order valence-electron chi connectivity index (χ1n) is 9.25. The van der Waals surface area contributed by atoms with E-state index in [2.05, 4.69) is 0 Å². The molecular weight excluding hydrogens is 407 g/mol. The van der Waals surface area contributed by atoms with Gasteiger partial charge in [0.1, 0.15) is 29.7 Å². The number of hydrogen-bond acceptors (Lipinski definition) is 4. The maximum absolute atomic E-state index is 13.2. The lowest BCUT2D eigenvalue weighted by atomic mass is 10.1. The smallest absolute Gasteiger partial charge is 0.231 e. The average molecular weight is 425 g/mol. The summed E-state index contributed by atoms with van der Waals surface area (Å²) in [7, 11) is 1.57. The first-order chi connectivity index (χ1) is 14.5. The first-order valence-corrected chi connectivity index (χ1v) is 9.63. The van der Waals surface area contributed by atoms with Crippen molar-refractivity contribution in [2.45, 2.75) is 13.5 Å². The highest BCUT2D eigenvalue weighted by Crippen LogP contribution is 2.40. The van der Waals surface area contributed by atoms with Crippen molar-refractivity contribution in [3.8, 4) is 17.2 Å². The Labute approximate surface area is 178 Å². The van der Waals surface area contributed by atoms with Crippen LogP contribution in [-0.2, 0) is 6.61 Å². The van der Waals surface area contributed by atoms with Crippen molar-refractivity contribution in [2.24, 2.45) is 0 Å². The third kappa shape index (κ3) is 3.76. The van der Waals surface area contributed by atoms with Gasteiger partial charge in [0.15, 0.2) is 5.76 Å². The number of halogens is 2. The van der Waals surface area contributed by atoms with Crippen molar-refractivity contribution in [3.05, 3.63) is 93.5 Å². The van der Waals surface area contributed by atoms with Gasteiger partial charge in [-0.25, -0.2) is 4.39 Å². The number of allylic oxidation sites excluding steroid dienone is 1. The van der Waals surface area contributed by atoms with Gasteiger partial charge in [-0.05, 0) is 43.3 Å². The second-order valence-electron chi connectivity index (χ2n) is 6.77. The molecule has 0 N–H and O–H groups in total. The number of fused-ring (bicyclic) bond motifs is 1. The Morgan fingerprint density at radius 2 is 1.90 bits per heavy atom. The summed E-state index contributed by atoms with van der Waals surface area (Å²) in [6.07, 6.45) is 1.67. The van der Waals surface area contributed by atoms with Gasteiger partial charge in [-0.2, -0.15) is 0 Å². The van der Waals surface area contributed by atoms with E-state index < -0.39 is 5.82 Å². The highest BCUT2D eigenvalue weighted by molar-refractivity contribution is 6.31. The van der Waals surface area contributed by atoms with E-state index in [1.165, 1.54) is 12.1 Å². The molecule has 0 saturated carbocycles. The summed E-state index contributed by atoms with van der Waals surface area (Å²) in [5, 5.41) is 0.294. The Balaban J connectivity index is 1.59. The third-order valence-electron chi connectivity index (χ3n) is 4.86. The number of Topliss-reactive ketones (excluding diaryl/α,β-unsaturated/α-hetero) is 1. The van der Waals surface area contributed by atoms with E-state index in [4.69, 9.17) is 25.8 Å². The van der Waals surface area contributed by atoms with Crippen LogP contribution < -0.4 is 14.2 Å². The van der Waals surface area contributed by atoms with E-state index in [1.807, 2.05) is 31.2 Å². The van der Waals surface area contributed by atoms with E-state index in [0.717, 1.165) is 5.56 Å². The normalized spacial score (nSPS) is 13.9. The van der Waals surface area contributed by atoms with Crippen molar-refractivity contribution in [1.29, 1.82) is 0 Å². The molecule has 0 bridgehead atoms. The van der Waals surface area contributed by atoms with Gasteiger partial charge in [-0.3, -0.25) is 4.79 Å². The van der Waals surface area contributed by atoms with E-state index in [0.29, 0.717) is 39.0 Å². The monoisotopic (exact) mass is 424 g/mol. The Bertz CT molecular complexity index is 1170. The molecule has 1 aliphatic heterocycles. The summed E-state index contributed by atoms with van der Waals surface area (Å²) in [6.45, 7) is 1.98. The second kappa shape index (κ2) is 8.20. The molecule has 0 amide bonds. The second-order valence-corrected chi connectivity index (χ2v) is 7.18. The number of hydrogen-bond donors (Lipinski definition) is 0. The fourth-order valence-electron chi connectivity index (χ4n) is 3.25. The number of rotatable bonds is 5. The molecule has 30 heavy (non-hydrogen) atoms. The standard InChI is InChI=1S/C24H18ClFO4/c1-14-20(29-13-16-7-8-17(26)12-19(16)25)10-9-18-23(27)22(30-24(14)18)11-15-5-3-4-6-21(15)28-2/h3-12H,13H2,1-2H3/b22-11-. The number of carbonyl (C=O) groups excluding carboxylic acids is 1. The quantitative estimate of drug-likeness (QED) is 0.472. The van der Waals surface area contributed by atoms with Crippen LogP contribution in [0.25, 0.3) is 6.08 Å². The minimum absolute atomic E-state index is 0.163. The van der Waals surface area contributed by atoms with Gasteiger partial charge in [0.25, 0.3) is 0 Å². The lowest BCUT2D eigenvalue weighted by molar-refractivity contribution is 0.101. The van der Waals surface area contributed by atoms with Crippen LogP contribution >= 0.6 is 11.6 Å². The number of carbonyl (C=O) groups is 1. The Morgan fingerprint density at radius 3 is 2.67 bits per heavy atom. The zero-order valence-electron chi connectivity index (χ0n) is 16.4. The summed E-state index contributed by atoms with van der Waals surface area (Å²) in [5.41, 5.74) is 2.58. The van der Waals surface area contributed by atoms with Gasteiger partial charge >= 0.3 is 0 Å². The maximum Gasteiger partial charge on any atom is 0.231 e. The molecule has 1 heterocycles. The Hall–Kier alpha value is -3.31. The van der Waals surface area contributed by atoms with Crippen LogP contribution in [0.15, 0.2) is 60.4 Å². The van der Waals surface area contributed by atoms with Crippen LogP contribution in [0.1, 0.15) is 27.0 Å². The molecule has 0 aliphatic carbocycles. The summed E-state index contributed by atoms with van der Waals surface area (Å²) in [6, 6.07) is 14.9. The first kappa shape index (κ1) is 20.0. The van der Waals surface area contributed by atoms with Gasteiger partial charge < -0.3 is 14.2 Å². The molecule has 0 fully saturated rings. The molecule has 0 unspecified atom stereocenters. The zero-order chi connectivity index (χ0) is 21.3. The number of ketones is 1. The molecule has 0 aromatic heterocycles. The van der Waals surface area contributed by atoms with Gasteiger partial charge in [-0.15, -0.1) is 0 Å². The lowest BCUT2D eigenvalue weighted by Crippen LogP contribution is -1.99. The molecule has 0 atom stereocenters. The van der Waals surface area contributed by atoms with Crippen LogP contribution in [0.5, 0.6) is 17.2 Å². The van der Waals surface area contributed by atoms with E-state index >= 15 is 0 Å². The van der Waals surface area contributed by atoms with Crippen LogP contribution in [-0.4, -0.2) is 12.9 Å². The van der Waals surface area contributed by atoms with Crippen molar-refractivity contribution in [2.75, 3.05) is 7.11 Å². The number of ether oxygens (including phenoxy) is 3. The molecular formula is C24H18ClFO4. The molecule has 4 nitrogen and oxygen atoms in total. The highest BCUT2D eigenvalue weighted by atomic mass is 35.5. The van der Waals surface area contributed by atoms with Crippen LogP contribution in [0.2, 0.25) is 5.02 Å². The number of para-hydroxylation sites is 1. The molecule has 3 aromatic carbocycles. The lowest BCUT2D eigenvalue weighted by Gasteiger charge is -2.12. The average Bonchev–Trinajstić information content (AvgIpc) is 3.05. The minimum atomic E-state index is -0.404. The van der Waals surface area contributed by atoms with Gasteiger partial charge in [0.2, 0.25) is 5.78 Å². The SMILES string of the molecule is COc1ccccc1/C=C1\Oc2c(ccc(OCc3ccc(F)cc3Cl)c2C)C1=O. The fraction of sp³-hybridized carbons (Fsp3) is 0.125. The van der Waals surface area contributed by atoms with Crippen molar-refractivity contribution in [3.63, 3.8) is 0 Å². The molecule has 0 radical (unpaired) electrons. The van der Waals surface area contributed by atoms with Gasteiger partial charge in [0.05, 0.1) is 17.7 Å². The number of benzene rings is 3. The topological polar surface area (TPSA) is 44.8 Å². The molecule has 6 heteroatoms. The highest BCUT2D eigenvalue weighted by Gasteiger charge is 2.30.